The maximum Gasteiger partial charge on any atom is 0.267 e. The molecule has 3 rings (SSSR count). The van der Waals surface area contributed by atoms with Gasteiger partial charge in [-0.2, -0.15) is 5.10 Å². The highest BCUT2D eigenvalue weighted by Crippen LogP contribution is 2.20. The Morgan fingerprint density at radius 2 is 1.79 bits per heavy atom. The first kappa shape index (κ1) is 21.2. The Kier molecular flexibility index (Phi) is 7.20. The third-order valence-corrected chi connectivity index (χ3v) is 5.43. The van der Waals surface area contributed by atoms with Crippen LogP contribution in [0.5, 0.6) is 0 Å². The molecule has 0 bridgehead atoms. The number of nitrogens with zero attached hydrogens (tertiary/aromatic N) is 3. The number of piperidine rings is 1. The second-order valence-electron chi connectivity index (χ2n) is 8.49. The van der Waals surface area contributed by atoms with Gasteiger partial charge in [0.25, 0.3) is 5.56 Å². The molecule has 1 saturated heterocycles. The number of benzene rings is 1. The van der Waals surface area contributed by atoms with Crippen LogP contribution < -0.4 is 10.9 Å². The zero-order valence-electron chi connectivity index (χ0n) is 17.7. The van der Waals surface area contributed by atoms with Crippen molar-refractivity contribution in [2.24, 2.45) is 11.8 Å². The summed E-state index contributed by atoms with van der Waals surface area (Å²) in [7, 11) is 0. The normalized spacial score (nSPS) is 19.8. The van der Waals surface area contributed by atoms with E-state index in [9.17, 15) is 9.59 Å². The molecule has 1 N–H and O–H groups in total. The van der Waals surface area contributed by atoms with E-state index in [1.807, 2.05) is 31.2 Å². The quantitative estimate of drug-likeness (QED) is 0.731. The zero-order chi connectivity index (χ0) is 20.8. The summed E-state index contributed by atoms with van der Waals surface area (Å²) >= 11 is 0. The number of carbonyl (C=O) groups excluding carboxylic acids is 1. The van der Waals surface area contributed by atoms with Crippen LogP contribution >= 0.6 is 0 Å². The van der Waals surface area contributed by atoms with Crippen LogP contribution in [-0.4, -0.2) is 46.8 Å². The molecule has 6 nitrogen and oxygen atoms in total. The van der Waals surface area contributed by atoms with Crippen LogP contribution in [0.1, 0.15) is 32.3 Å². The molecule has 1 aromatic heterocycles. The fourth-order valence-corrected chi connectivity index (χ4v) is 4.14. The summed E-state index contributed by atoms with van der Waals surface area (Å²) in [6.45, 7) is 10.5. The molecule has 1 aromatic carbocycles. The summed E-state index contributed by atoms with van der Waals surface area (Å²) < 4.78 is 1.23. The highest BCUT2D eigenvalue weighted by molar-refractivity contribution is 5.75. The van der Waals surface area contributed by atoms with Crippen molar-refractivity contribution in [3.8, 4) is 11.3 Å². The molecule has 1 amide bonds. The van der Waals surface area contributed by atoms with Crippen LogP contribution in [0.2, 0.25) is 0 Å². The van der Waals surface area contributed by atoms with Crippen LogP contribution in [0.15, 0.2) is 41.2 Å². The molecular weight excluding hydrogens is 364 g/mol. The van der Waals surface area contributed by atoms with Crippen molar-refractivity contribution in [2.45, 2.75) is 40.2 Å². The SMILES string of the molecule is Cc1ccc(-c2ccc(=O)n(CC(=O)NCCCN3C[C@H](C)C[C@@H](C)C3)n2)cc1. The van der Waals surface area contributed by atoms with Crippen LogP contribution in [0, 0.1) is 18.8 Å². The lowest BCUT2D eigenvalue weighted by molar-refractivity contribution is -0.121. The summed E-state index contributed by atoms with van der Waals surface area (Å²) in [6.07, 6.45) is 2.22. The van der Waals surface area contributed by atoms with Crippen molar-refractivity contribution in [1.29, 1.82) is 0 Å². The van der Waals surface area contributed by atoms with E-state index in [1.165, 1.54) is 17.2 Å². The lowest BCUT2D eigenvalue weighted by Gasteiger charge is -2.34. The van der Waals surface area contributed by atoms with Gasteiger partial charge in [0.2, 0.25) is 5.91 Å². The fourth-order valence-electron chi connectivity index (χ4n) is 4.14. The minimum absolute atomic E-state index is 0.0592. The van der Waals surface area contributed by atoms with E-state index in [1.54, 1.807) is 6.07 Å². The van der Waals surface area contributed by atoms with Gasteiger partial charge in [0.05, 0.1) is 5.69 Å². The topological polar surface area (TPSA) is 67.2 Å². The predicted molar refractivity (Wildman–Crippen MR) is 116 cm³/mol. The van der Waals surface area contributed by atoms with E-state index >= 15 is 0 Å². The van der Waals surface area contributed by atoms with E-state index < -0.39 is 0 Å². The Hall–Kier alpha value is -2.47. The van der Waals surface area contributed by atoms with Gasteiger partial charge < -0.3 is 10.2 Å². The third-order valence-electron chi connectivity index (χ3n) is 5.43. The summed E-state index contributed by atoms with van der Waals surface area (Å²) in [6, 6.07) is 11.1. The second-order valence-corrected chi connectivity index (χ2v) is 8.49. The van der Waals surface area contributed by atoms with Gasteiger partial charge in [-0.15, -0.1) is 0 Å². The van der Waals surface area contributed by atoms with E-state index in [4.69, 9.17) is 0 Å². The maximum absolute atomic E-state index is 12.3. The van der Waals surface area contributed by atoms with E-state index in [2.05, 4.69) is 29.2 Å². The fraction of sp³-hybridized carbons (Fsp3) is 0.522. The van der Waals surface area contributed by atoms with Gasteiger partial charge >= 0.3 is 0 Å². The van der Waals surface area contributed by atoms with Crippen molar-refractivity contribution in [2.75, 3.05) is 26.2 Å². The third kappa shape index (κ3) is 6.26. The highest BCUT2D eigenvalue weighted by atomic mass is 16.2. The summed E-state index contributed by atoms with van der Waals surface area (Å²) in [5, 5.41) is 7.29. The number of hydrogen-bond acceptors (Lipinski definition) is 4. The first-order valence-electron chi connectivity index (χ1n) is 10.5. The Morgan fingerprint density at radius 1 is 1.10 bits per heavy atom. The Morgan fingerprint density at radius 3 is 2.48 bits per heavy atom. The van der Waals surface area contributed by atoms with Crippen molar-refractivity contribution in [1.82, 2.24) is 20.0 Å². The lowest BCUT2D eigenvalue weighted by atomic mass is 9.92. The average Bonchev–Trinajstić information content (AvgIpc) is 2.67. The van der Waals surface area contributed by atoms with Crippen molar-refractivity contribution < 1.29 is 4.79 Å². The number of amides is 1. The first-order valence-corrected chi connectivity index (χ1v) is 10.5. The van der Waals surface area contributed by atoms with Crippen LogP contribution in [0.4, 0.5) is 0 Å². The van der Waals surface area contributed by atoms with Gasteiger partial charge in [0, 0.05) is 31.3 Å². The molecule has 0 saturated carbocycles. The smallest absolute Gasteiger partial charge is 0.267 e. The van der Waals surface area contributed by atoms with Crippen LogP contribution in [-0.2, 0) is 11.3 Å². The number of rotatable bonds is 7. The number of carbonyl (C=O) groups is 1. The molecule has 1 fully saturated rings. The summed E-state index contributed by atoms with van der Waals surface area (Å²) in [5.74, 6) is 1.31. The zero-order valence-corrected chi connectivity index (χ0v) is 17.7. The first-order chi connectivity index (χ1) is 13.9. The monoisotopic (exact) mass is 396 g/mol. The van der Waals surface area contributed by atoms with Crippen LogP contribution in [0.3, 0.4) is 0 Å². The van der Waals surface area contributed by atoms with Crippen molar-refractivity contribution in [3.05, 3.63) is 52.3 Å². The average molecular weight is 397 g/mol. The molecule has 0 unspecified atom stereocenters. The number of likely N-dealkylation sites (tertiary alicyclic amines) is 1. The maximum atomic E-state index is 12.3. The van der Waals surface area contributed by atoms with Crippen molar-refractivity contribution >= 4 is 5.91 Å². The second kappa shape index (κ2) is 9.83. The molecule has 156 valence electrons. The molecule has 2 heterocycles. The molecule has 2 atom stereocenters. The minimum atomic E-state index is -0.271. The molecule has 1 aliphatic heterocycles. The van der Waals surface area contributed by atoms with E-state index in [-0.39, 0.29) is 18.0 Å². The lowest BCUT2D eigenvalue weighted by Crippen LogP contribution is -2.40. The number of nitrogens with one attached hydrogen (secondary N) is 1. The summed E-state index contributed by atoms with van der Waals surface area (Å²) in [5.41, 5.74) is 2.50. The Balaban J connectivity index is 1.49. The van der Waals surface area contributed by atoms with Gasteiger partial charge in [-0.25, -0.2) is 4.68 Å². The molecular formula is C23H32N4O2. The van der Waals surface area contributed by atoms with Gasteiger partial charge in [0.15, 0.2) is 0 Å². The molecule has 29 heavy (non-hydrogen) atoms. The standard InChI is InChI=1S/C23H32N4O2/c1-17-5-7-20(8-6-17)21-9-10-23(29)27(25-21)16-22(28)24-11-4-12-26-14-18(2)13-19(3)15-26/h5-10,18-19H,4,11-16H2,1-3H3,(H,24,28)/t18-,19-/m1/s1. The van der Waals surface area contributed by atoms with Gasteiger partial charge in [-0.3, -0.25) is 9.59 Å². The predicted octanol–water partition coefficient (Wildman–Crippen LogP) is 2.70. The summed E-state index contributed by atoms with van der Waals surface area (Å²) in [4.78, 5) is 26.9. The molecule has 1 aliphatic rings. The highest BCUT2D eigenvalue weighted by Gasteiger charge is 2.21. The molecule has 0 radical (unpaired) electrons. The molecule has 2 aromatic rings. The van der Waals surface area contributed by atoms with Crippen LogP contribution in [0.25, 0.3) is 11.3 Å². The van der Waals surface area contributed by atoms with Crippen molar-refractivity contribution in [3.63, 3.8) is 0 Å². The molecule has 0 spiro atoms. The van der Waals surface area contributed by atoms with Gasteiger partial charge in [-0.1, -0.05) is 43.7 Å². The van der Waals surface area contributed by atoms with Gasteiger partial charge in [-0.05, 0) is 44.2 Å². The number of hydrogen-bond donors (Lipinski definition) is 1. The van der Waals surface area contributed by atoms with E-state index in [0.717, 1.165) is 49.0 Å². The molecule has 6 heteroatoms. The minimum Gasteiger partial charge on any atom is -0.354 e. The Labute approximate surface area is 172 Å². The number of aromatic nitrogens is 2. The number of aryl methyl sites for hydroxylation is 1. The molecule has 0 aliphatic carbocycles. The van der Waals surface area contributed by atoms with Gasteiger partial charge in [0.1, 0.15) is 6.54 Å². The van der Waals surface area contributed by atoms with E-state index in [0.29, 0.717) is 12.2 Å². The Bertz CT molecular complexity index is 865. The largest absolute Gasteiger partial charge is 0.354 e.